The summed E-state index contributed by atoms with van der Waals surface area (Å²) >= 11 is 0. The minimum atomic E-state index is -1.28. The smallest absolute Gasteiger partial charge is 0.422 e. The Morgan fingerprint density at radius 2 is 1.47 bits per heavy atom. The lowest BCUT2D eigenvalue weighted by molar-refractivity contribution is -0.170. The number of halogens is 1. The molecule has 1 saturated heterocycles. The normalized spacial score (nSPS) is 15.3. The molecule has 1 aliphatic heterocycles. The molecular weight excluding hydrogens is 419 g/mol. The van der Waals surface area contributed by atoms with E-state index in [1.54, 1.807) is 44.7 Å². The molecule has 8 nitrogen and oxygen atoms in total. The number of esters is 2. The van der Waals surface area contributed by atoms with E-state index in [4.69, 9.17) is 14.2 Å². The summed E-state index contributed by atoms with van der Waals surface area (Å²) in [5, 5.41) is 0. The van der Waals surface area contributed by atoms with E-state index in [-0.39, 0.29) is 24.0 Å². The van der Waals surface area contributed by atoms with E-state index in [2.05, 4.69) is 0 Å². The number of hydrogen-bond acceptors (Lipinski definition) is 7. The van der Waals surface area contributed by atoms with Crippen molar-refractivity contribution >= 4 is 18.0 Å². The van der Waals surface area contributed by atoms with E-state index in [1.165, 1.54) is 0 Å². The molecule has 0 aromatic heterocycles. The highest BCUT2D eigenvalue weighted by Gasteiger charge is 2.29. The quantitative estimate of drug-likeness (QED) is 0.395. The molecule has 0 atom stereocenters. The van der Waals surface area contributed by atoms with Gasteiger partial charge < -0.3 is 19.1 Å². The molecule has 1 aromatic rings. The van der Waals surface area contributed by atoms with Crippen molar-refractivity contribution in [1.29, 1.82) is 0 Å². The summed E-state index contributed by atoms with van der Waals surface area (Å²) in [6, 6.07) is 3.25. The second-order valence-electron chi connectivity index (χ2n) is 9.82. The van der Waals surface area contributed by atoms with Crippen LogP contribution in [0.3, 0.4) is 0 Å². The van der Waals surface area contributed by atoms with Crippen LogP contribution in [0.15, 0.2) is 12.1 Å². The Bertz CT molecular complexity index is 864. The minimum Gasteiger partial charge on any atom is -0.452 e. The number of amides is 1. The number of aryl methyl sites for hydroxylation is 1. The van der Waals surface area contributed by atoms with Crippen molar-refractivity contribution in [2.45, 2.75) is 66.2 Å². The fraction of sp³-hybridized carbons (Fsp3) is 0.609. The van der Waals surface area contributed by atoms with Gasteiger partial charge in [-0.15, -0.1) is 0 Å². The van der Waals surface area contributed by atoms with Crippen LogP contribution in [0.1, 0.15) is 52.7 Å². The maximum atomic E-state index is 14.8. The van der Waals surface area contributed by atoms with Crippen molar-refractivity contribution in [2.24, 2.45) is 0 Å². The molecule has 1 aliphatic rings. The minimum absolute atomic E-state index is 0.282. The second-order valence-corrected chi connectivity index (χ2v) is 9.82. The van der Waals surface area contributed by atoms with Gasteiger partial charge in [-0.2, -0.15) is 0 Å². The molecule has 178 valence electrons. The van der Waals surface area contributed by atoms with Crippen LogP contribution in [0, 0.1) is 12.7 Å². The lowest BCUT2D eigenvalue weighted by Crippen LogP contribution is -2.49. The van der Waals surface area contributed by atoms with Crippen molar-refractivity contribution in [1.82, 2.24) is 9.80 Å². The Morgan fingerprint density at radius 3 is 2.00 bits per heavy atom. The molecule has 0 spiro atoms. The SMILES string of the molecule is Cc1ccc(CN2CCN(C(=O)OC(C)(C)C)CC2)c(OC(=O)C(=O)OC(C)(C)C)c1F. The molecular formula is C23H33FN2O6. The van der Waals surface area contributed by atoms with Gasteiger partial charge in [0.25, 0.3) is 0 Å². The number of piperazine rings is 1. The summed E-state index contributed by atoms with van der Waals surface area (Å²) in [4.78, 5) is 40.0. The van der Waals surface area contributed by atoms with E-state index in [1.807, 2.05) is 25.7 Å². The molecule has 1 amide bonds. The van der Waals surface area contributed by atoms with Gasteiger partial charge in [-0.25, -0.2) is 18.8 Å². The molecule has 1 heterocycles. The summed E-state index contributed by atoms with van der Waals surface area (Å²) in [6.45, 7) is 14.1. The molecule has 0 bridgehead atoms. The van der Waals surface area contributed by atoms with Gasteiger partial charge >= 0.3 is 18.0 Å². The van der Waals surface area contributed by atoms with Crippen LogP contribution >= 0.6 is 0 Å². The maximum Gasteiger partial charge on any atom is 0.422 e. The highest BCUT2D eigenvalue weighted by atomic mass is 19.1. The van der Waals surface area contributed by atoms with Crippen LogP contribution < -0.4 is 4.74 Å². The monoisotopic (exact) mass is 452 g/mol. The molecule has 0 radical (unpaired) electrons. The molecule has 9 heteroatoms. The molecule has 0 saturated carbocycles. The Hall–Kier alpha value is -2.68. The number of benzene rings is 1. The Labute approximate surface area is 188 Å². The number of hydrogen-bond donors (Lipinski definition) is 0. The maximum absolute atomic E-state index is 14.8. The summed E-state index contributed by atoms with van der Waals surface area (Å²) in [5.74, 6) is -3.45. The first-order valence-electron chi connectivity index (χ1n) is 10.6. The number of ether oxygens (including phenoxy) is 3. The van der Waals surface area contributed by atoms with Gasteiger partial charge in [-0.1, -0.05) is 12.1 Å². The summed E-state index contributed by atoms with van der Waals surface area (Å²) in [5.41, 5.74) is -0.732. The molecule has 32 heavy (non-hydrogen) atoms. The van der Waals surface area contributed by atoms with Gasteiger partial charge in [-0.05, 0) is 54.0 Å². The number of nitrogens with zero attached hydrogens (tertiary/aromatic N) is 2. The van der Waals surface area contributed by atoms with E-state index in [0.717, 1.165) is 0 Å². The van der Waals surface area contributed by atoms with Gasteiger partial charge in [0.1, 0.15) is 11.2 Å². The van der Waals surface area contributed by atoms with E-state index in [0.29, 0.717) is 31.7 Å². The third kappa shape index (κ3) is 7.47. The molecule has 1 fully saturated rings. The van der Waals surface area contributed by atoms with Gasteiger partial charge in [-0.3, -0.25) is 4.90 Å². The second kappa shape index (κ2) is 9.85. The van der Waals surface area contributed by atoms with Gasteiger partial charge in [0.2, 0.25) is 0 Å². The van der Waals surface area contributed by atoms with E-state index in [9.17, 15) is 18.8 Å². The van der Waals surface area contributed by atoms with Crippen LogP contribution in [0.2, 0.25) is 0 Å². The Morgan fingerprint density at radius 1 is 0.906 bits per heavy atom. The molecule has 2 rings (SSSR count). The Kier molecular flexibility index (Phi) is 7.88. The van der Waals surface area contributed by atoms with Crippen LogP contribution in [0.25, 0.3) is 0 Å². The van der Waals surface area contributed by atoms with Crippen molar-refractivity contribution in [3.8, 4) is 5.75 Å². The van der Waals surface area contributed by atoms with Gasteiger partial charge in [0, 0.05) is 38.3 Å². The lowest BCUT2D eigenvalue weighted by Gasteiger charge is -2.35. The fourth-order valence-electron chi connectivity index (χ4n) is 3.04. The molecule has 0 unspecified atom stereocenters. The van der Waals surface area contributed by atoms with Crippen LogP contribution in [0.4, 0.5) is 9.18 Å². The highest BCUT2D eigenvalue weighted by Crippen LogP contribution is 2.28. The third-order valence-electron chi connectivity index (χ3n) is 4.55. The number of carbonyl (C=O) groups is 3. The molecule has 1 aromatic carbocycles. The van der Waals surface area contributed by atoms with Crippen LogP contribution in [-0.2, 0) is 25.6 Å². The van der Waals surface area contributed by atoms with E-state index >= 15 is 0 Å². The average Bonchev–Trinajstić information content (AvgIpc) is 2.65. The average molecular weight is 453 g/mol. The van der Waals surface area contributed by atoms with Crippen LogP contribution in [0.5, 0.6) is 5.75 Å². The zero-order chi connectivity index (χ0) is 24.3. The standard InChI is InChI=1S/C23H33FN2O6/c1-15-8-9-16(18(17(15)24)30-19(27)20(28)31-22(2,3)4)14-25-10-12-26(13-11-25)21(29)32-23(5,6)7/h8-9H,10-14H2,1-7H3. The predicted octanol–water partition coefficient (Wildman–Crippen LogP) is 3.43. The first-order chi connectivity index (χ1) is 14.7. The van der Waals surface area contributed by atoms with Crippen molar-refractivity contribution in [3.63, 3.8) is 0 Å². The largest absolute Gasteiger partial charge is 0.452 e. The third-order valence-corrected chi connectivity index (χ3v) is 4.55. The zero-order valence-electron chi connectivity index (χ0n) is 19.9. The molecule has 0 N–H and O–H groups in total. The van der Waals surface area contributed by atoms with Gasteiger partial charge in [0.05, 0.1) is 0 Å². The topological polar surface area (TPSA) is 85.4 Å². The van der Waals surface area contributed by atoms with Gasteiger partial charge in [0.15, 0.2) is 11.6 Å². The van der Waals surface area contributed by atoms with Crippen molar-refractivity contribution in [2.75, 3.05) is 26.2 Å². The van der Waals surface area contributed by atoms with Crippen molar-refractivity contribution in [3.05, 3.63) is 29.1 Å². The van der Waals surface area contributed by atoms with E-state index < -0.39 is 29.0 Å². The first kappa shape index (κ1) is 25.6. The lowest BCUT2D eigenvalue weighted by atomic mass is 10.1. The highest BCUT2D eigenvalue weighted by molar-refractivity contribution is 6.30. The first-order valence-corrected chi connectivity index (χ1v) is 10.6. The molecule has 0 aliphatic carbocycles. The Balaban J connectivity index is 2.07. The number of carbonyl (C=O) groups excluding carboxylic acids is 3. The summed E-state index contributed by atoms with van der Waals surface area (Å²) in [7, 11) is 0. The fourth-order valence-corrected chi connectivity index (χ4v) is 3.04. The van der Waals surface area contributed by atoms with Crippen molar-refractivity contribution < 1.29 is 33.0 Å². The summed E-state index contributed by atoms with van der Waals surface area (Å²) in [6.07, 6.45) is -0.370. The summed E-state index contributed by atoms with van der Waals surface area (Å²) < 4.78 is 30.3. The predicted molar refractivity (Wildman–Crippen MR) is 116 cm³/mol. The zero-order valence-corrected chi connectivity index (χ0v) is 19.9. The number of rotatable bonds is 3. The van der Waals surface area contributed by atoms with Crippen LogP contribution in [-0.4, -0.2) is 65.2 Å².